The second-order valence-corrected chi connectivity index (χ2v) is 8.03. The van der Waals surface area contributed by atoms with E-state index in [1.807, 2.05) is 0 Å². The number of hydrogen-bond acceptors (Lipinski definition) is 4. The zero-order chi connectivity index (χ0) is 21.6. The van der Waals surface area contributed by atoms with Crippen LogP contribution in [0.15, 0.2) is 48.8 Å². The van der Waals surface area contributed by atoms with Gasteiger partial charge in [0.25, 0.3) is 0 Å². The van der Waals surface area contributed by atoms with Crippen molar-refractivity contribution in [1.82, 2.24) is 10.2 Å². The Balaban J connectivity index is 1.74. The molecule has 0 saturated heterocycles. The van der Waals surface area contributed by atoms with Gasteiger partial charge in [0.2, 0.25) is 5.91 Å². The first-order chi connectivity index (χ1) is 14.6. The van der Waals surface area contributed by atoms with Gasteiger partial charge in [0, 0.05) is 49.5 Å². The highest BCUT2D eigenvalue weighted by molar-refractivity contribution is 7.80. The fourth-order valence-electron chi connectivity index (χ4n) is 2.97. The molecule has 0 aliphatic carbocycles. The molecule has 0 fully saturated rings. The van der Waals surface area contributed by atoms with Gasteiger partial charge in [0.1, 0.15) is 6.54 Å². The van der Waals surface area contributed by atoms with Crippen LogP contribution in [0.3, 0.4) is 0 Å². The molecule has 0 aliphatic rings. The first-order valence-electron chi connectivity index (χ1n) is 10.6. The van der Waals surface area contributed by atoms with Crippen molar-refractivity contribution in [2.75, 3.05) is 44.8 Å². The number of carbonyl (C=O) groups excluding carboxylic acids is 1. The summed E-state index contributed by atoms with van der Waals surface area (Å²) in [5, 5.41) is 6.30. The predicted molar refractivity (Wildman–Crippen MR) is 130 cm³/mol. The van der Waals surface area contributed by atoms with E-state index < -0.39 is 0 Å². The van der Waals surface area contributed by atoms with E-state index in [4.69, 9.17) is 0 Å². The zero-order valence-corrected chi connectivity index (χ0v) is 19.1. The largest absolute Gasteiger partial charge is 0.385 e. The van der Waals surface area contributed by atoms with E-state index >= 15 is 0 Å². The van der Waals surface area contributed by atoms with Crippen LogP contribution in [-0.2, 0) is 11.3 Å². The molecule has 2 N–H and O–H groups in total. The van der Waals surface area contributed by atoms with Crippen molar-refractivity contribution in [2.24, 2.45) is 0 Å². The van der Waals surface area contributed by atoms with Crippen LogP contribution in [0.4, 0.5) is 5.69 Å². The van der Waals surface area contributed by atoms with Gasteiger partial charge in [0.05, 0.1) is 0 Å². The molecule has 2 aromatic rings. The molecule has 1 aromatic carbocycles. The Morgan fingerprint density at radius 1 is 1.00 bits per heavy atom. The second kappa shape index (κ2) is 13.8. The molecule has 1 amide bonds. The number of amides is 1. The normalized spacial score (nSPS) is 11.2. The van der Waals surface area contributed by atoms with Crippen molar-refractivity contribution in [3.63, 3.8) is 0 Å². The van der Waals surface area contributed by atoms with Crippen molar-refractivity contribution >= 4 is 36.4 Å². The van der Waals surface area contributed by atoms with Crippen LogP contribution in [0, 0.1) is 0 Å². The number of rotatable bonds is 13. The maximum Gasteiger partial charge on any atom is 0.220 e. The number of anilines is 1. The van der Waals surface area contributed by atoms with E-state index in [9.17, 15) is 4.79 Å². The number of benzene rings is 1. The van der Waals surface area contributed by atoms with E-state index in [1.54, 1.807) is 0 Å². The van der Waals surface area contributed by atoms with Gasteiger partial charge >= 0.3 is 0 Å². The molecule has 0 radical (unpaired) electrons. The summed E-state index contributed by atoms with van der Waals surface area (Å²) in [4.78, 5) is 13.8. The van der Waals surface area contributed by atoms with Crippen LogP contribution in [0.2, 0.25) is 0 Å². The monoisotopic (exact) mass is 427 g/mol. The fraction of sp³-hybridized carbons (Fsp3) is 0.417. The lowest BCUT2D eigenvalue weighted by atomic mass is 10.1. The molecule has 1 aromatic heterocycles. The predicted octanol–water partition coefficient (Wildman–Crippen LogP) is 3.33. The van der Waals surface area contributed by atoms with Gasteiger partial charge < -0.3 is 15.5 Å². The van der Waals surface area contributed by atoms with Crippen LogP contribution >= 0.6 is 12.6 Å². The molecule has 6 heteroatoms. The van der Waals surface area contributed by atoms with Gasteiger partial charge in [-0.05, 0) is 50.3 Å². The maximum absolute atomic E-state index is 11.6. The number of nitrogens with zero attached hydrogens (tertiary/aromatic N) is 2. The molecule has 0 unspecified atom stereocenters. The zero-order valence-electron chi connectivity index (χ0n) is 18.2. The summed E-state index contributed by atoms with van der Waals surface area (Å²) in [6.45, 7) is 3.54. The van der Waals surface area contributed by atoms with Crippen molar-refractivity contribution in [1.29, 1.82) is 0 Å². The summed E-state index contributed by atoms with van der Waals surface area (Å²) < 4.78 is 2.11. The average Bonchev–Trinajstić information content (AvgIpc) is 2.75. The molecular formula is C24H35N4OS+. The van der Waals surface area contributed by atoms with Crippen molar-refractivity contribution < 1.29 is 9.36 Å². The van der Waals surface area contributed by atoms with E-state index in [0.29, 0.717) is 18.7 Å². The number of hydrogen-bond donors (Lipinski definition) is 3. The molecule has 1 heterocycles. The minimum absolute atomic E-state index is 0.0963. The third kappa shape index (κ3) is 9.94. The standard InChI is InChI=1S/C24H34N4OS/c1-27(2)16-4-14-25-23-10-8-21(9-11-23)6-7-22-12-18-28(19-13-22)17-3-5-24(29)26-15-20-30/h6-13,18-19H,3-5,14-17,20H2,1-2H3,(H2,26,29,30)/p+1. The van der Waals surface area contributed by atoms with Gasteiger partial charge in [-0.1, -0.05) is 24.3 Å². The molecule has 0 spiro atoms. The lowest BCUT2D eigenvalue weighted by Gasteiger charge is -2.10. The Bertz CT molecular complexity index is 773. The molecule has 162 valence electrons. The maximum atomic E-state index is 11.6. The molecule has 0 atom stereocenters. The summed E-state index contributed by atoms with van der Waals surface area (Å²) in [5.74, 6) is 0.770. The highest BCUT2D eigenvalue weighted by Gasteiger charge is 2.04. The SMILES string of the molecule is CN(C)CCCNc1ccc(/C=C/c2cc[n+](CCCC(=O)NCCS)cc2)cc1. The molecular weight excluding hydrogens is 392 g/mol. The van der Waals surface area contributed by atoms with Gasteiger partial charge in [-0.3, -0.25) is 4.79 Å². The van der Waals surface area contributed by atoms with Gasteiger partial charge in [-0.2, -0.15) is 12.6 Å². The fourth-order valence-corrected chi connectivity index (χ4v) is 3.08. The minimum atomic E-state index is 0.0963. The Hall–Kier alpha value is -2.31. The number of nitrogens with one attached hydrogen (secondary N) is 2. The Morgan fingerprint density at radius 2 is 1.67 bits per heavy atom. The minimum Gasteiger partial charge on any atom is -0.385 e. The number of pyridine rings is 1. The Labute approximate surface area is 186 Å². The van der Waals surface area contributed by atoms with E-state index in [0.717, 1.165) is 43.7 Å². The van der Waals surface area contributed by atoms with Gasteiger partial charge in [-0.25, -0.2) is 4.57 Å². The van der Waals surface area contributed by atoms with E-state index in [2.05, 4.69) is 108 Å². The summed E-state index contributed by atoms with van der Waals surface area (Å²) in [7, 11) is 4.20. The Kier molecular flexibility index (Phi) is 11.0. The summed E-state index contributed by atoms with van der Waals surface area (Å²) in [5.41, 5.74) is 3.49. The summed E-state index contributed by atoms with van der Waals surface area (Å²) >= 11 is 4.09. The highest BCUT2D eigenvalue weighted by Crippen LogP contribution is 2.12. The molecule has 5 nitrogen and oxygen atoms in total. The first-order valence-corrected chi connectivity index (χ1v) is 11.2. The molecule has 0 saturated carbocycles. The number of aryl methyl sites for hydroxylation is 1. The van der Waals surface area contributed by atoms with Crippen LogP contribution in [0.1, 0.15) is 30.4 Å². The third-order valence-electron chi connectivity index (χ3n) is 4.66. The van der Waals surface area contributed by atoms with Crippen LogP contribution in [0.5, 0.6) is 0 Å². The molecule has 2 rings (SSSR count). The second-order valence-electron chi connectivity index (χ2n) is 7.59. The number of thiol groups is 1. The third-order valence-corrected chi connectivity index (χ3v) is 4.88. The van der Waals surface area contributed by atoms with Crippen LogP contribution < -0.4 is 15.2 Å². The molecule has 30 heavy (non-hydrogen) atoms. The first kappa shape index (κ1) is 24.0. The summed E-state index contributed by atoms with van der Waals surface area (Å²) in [6, 6.07) is 12.7. The lowest BCUT2D eigenvalue weighted by molar-refractivity contribution is -0.697. The van der Waals surface area contributed by atoms with E-state index in [1.165, 1.54) is 5.56 Å². The van der Waals surface area contributed by atoms with E-state index in [-0.39, 0.29) is 5.91 Å². The van der Waals surface area contributed by atoms with Crippen LogP contribution in [-0.4, -0.2) is 50.3 Å². The number of aromatic nitrogens is 1. The topological polar surface area (TPSA) is 48.2 Å². The lowest BCUT2D eigenvalue weighted by Crippen LogP contribution is -2.33. The molecule has 0 bridgehead atoms. The Morgan fingerprint density at radius 3 is 2.30 bits per heavy atom. The molecule has 0 aliphatic heterocycles. The smallest absolute Gasteiger partial charge is 0.220 e. The summed E-state index contributed by atoms with van der Waals surface area (Å²) in [6.07, 6.45) is 10.9. The van der Waals surface area contributed by atoms with Crippen molar-refractivity contribution in [2.45, 2.75) is 25.8 Å². The highest BCUT2D eigenvalue weighted by atomic mass is 32.1. The van der Waals surface area contributed by atoms with Crippen molar-refractivity contribution in [3.8, 4) is 0 Å². The average molecular weight is 428 g/mol. The van der Waals surface area contributed by atoms with Gasteiger partial charge in [-0.15, -0.1) is 0 Å². The quantitative estimate of drug-likeness (QED) is 0.261. The van der Waals surface area contributed by atoms with Crippen LogP contribution in [0.25, 0.3) is 12.2 Å². The number of carbonyl (C=O) groups is 1. The van der Waals surface area contributed by atoms with Crippen molar-refractivity contribution in [3.05, 3.63) is 59.9 Å². The van der Waals surface area contributed by atoms with Gasteiger partial charge in [0.15, 0.2) is 12.4 Å².